The third kappa shape index (κ3) is 4.28. The van der Waals surface area contributed by atoms with E-state index in [0.29, 0.717) is 15.0 Å². The van der Waals surface area contributed by atoms with Crippen molar-refractivity contribution in [1.82, 2.24) is 15.0 Å². The number of benzene rings is 1. The van der Waals surface area contributed by atoms with Crippen LogP contribution in [0.3, 0.4) is 0 Å². The Balaban J connectivity index is 1.80. The Kier molecular flexibility index (Phi) is 5.43. The summed E-state index contributed by atoms with van der Waals surface area (Å²) in [6.07, 6.45) is 6.91. The molecule has 1 aromatic heterocycles. The molecule has 0 unspecified atom stereocenters. The van der Waals surface area contributed by atoms with Gasteiger partial charge in [-0.05, 0) is 0 Å². The van der Waals surface area contributed by atoms with E-state index in [1.165, 1.54) is 23.7 Å². The molecule has 0 spiro atoms. The minimum atomic E-state index is 0.440. The van der Waals surface area contributed by atoms with Gasteiger partial charge in [0.05, 0.1) is 0 Å². The van der Waals surface area contributed by atoms with Gasteiger partial charge in [0, 0.05) is 0 Å². The number of aromatic nitrogens is 3. The van der Waals surface area contributed by atoms with Crippen LogP contribution in [0, 0.1) is 0 Å². The second-order valence-corrected chi connectivity index (χ2v) is 6.43. The van der Waals surface area contributed by atoms with Crippen LogP contribution in [-0.2, 0) is 11.9 Å². The molecule has 1 aromatic carbocycles. The number of nitrogens with zero attached hydrogens (tertiary/aromatic N) is 3. The fourth-order valence-electron chi connectivity index (χ4n) is 1.73. The zero-order chi connectivity index (χ0) is 12.6. The number of aryl methyl sites for hydroxylation is 1. The standard InChI is InChI=1S/C14H19N3Se/c1-2-3-5-8-13-11-17(16-15-13)12-18-14-9-6-4-7-10-14/h4,6-7,9-11H,2-3,5,8,12H2,1H3. The Morgan fingerprint density at radius 2 is 2.00 bits per heavy atom. The van der Waals surface area contributed by atoms with Crippen molar-refractivity contribution in [3.8, 4) is 0 Å². The van der Waals surface area contributed by atoms with Crippen LogP contribution < -0.4 is 4.46 Å². The molecule has 0 amide bonds. The number of unbranched alkanes of at least 4 members (excludes halogenated alkanes) is 2. The molecule has 2 rings (SSSR count). The van der Waals surface area contributed by atoms with E-state index in [9.17, 15) is 0 Å². The Morgan fingerprint density at radius 3 is 2.78 bits per heavy atom. The van der Waals surface area contributed by atoms with Crippen LogP contribution in [0.1, 0.15) is 31.9 Å². The van der Waals surface area contributed by atoms with Crippen LogP contribution in [0.25, 0.3) is 0 Å². The van der Waals surface area contributed by atoms with Crippen molar-refractivity contribution in [1.29, 1.82) is 0 Å². The molecule has 0 radical (unpaired) electrons. The maximum atomic E-state index is 4.22. The molecule has 0 aliphatic heterocycles. The van der Waals surface area contributed by atoms with Crippen molar-refractivity contribution in [3.05, 3.63) is 42.2 Å². The minimum absolute atomic E-state index is 0.440. The Morgan fingerprint density at radius 1 is 1.17 bits per heavy atom. The van der Waals surface area contributed by atoms with Crippen molar-refractivity contribution in [3.63, 3.8) is 0 Å². The van der Waals surface area contributed by atoms with E-state index in [1.807, 2.05) is 4.68 Å². The molecule has 96 valence electrons. The van der Waals surface area contributed by atoms with Crippen LogP contribution in [0.15, 0.2) is 36.5 Å². The second kappa shape index (κ2) is 7.34. The van der Waals surface area contributed by atoms with Gasteiger partial charge in [0.15, 0.2) is 0 Å². The van der Waals surface area contributed by atoms with Gasteiger partial charge >= 0.3 is 115 Å². The summed E-state index contributed by atoms with van der Waals surface area (Å²) in [6.45, 7) is 2.22. The summed E-state index contributed by atoms with van der Waals surface area (Å²) in [7, 11) is 0. The molecular formula is C14H19N3Se. The topological polar surface area (TPSA) is 30.7 Å². The monoisotopic (exact) mass is 309 g/mol. The second-order valence-electron chi connectivity index (χ2n) is 4.29. The van der Waals surface area contributed by atoms with Crippen LogP contribution in [0.5, 0.6) is 0 Å². The first-order valence-corrected chi connectivity index (χ1v) is 8.52. The molecule has 0 saturated heterocycles. The van der Waals surface area contributed by atoms with Crippen LogP contribution >= 0.6 is 0 Å². The predicted molar refractivity (Wildman–Crippen MR) is 75.1 cm³/mol. The normalized spacial score (nSPS) is 10.7. The van der Waals surface area contributed by atoms with E-state index < -0.39 is 0 Å². The van der Waals surface area contributed by atoms with Gasteiger partial charge in [-0.25, -0.2) is 0 Å². The van der Waals surface area contributed by atoms with E-state index in [2.05, 4.69) is 53.8 Å². The molecule has 0 fully saturated rings. The van der Waals surface area contributed by atoms with Gasteiger partial charge in [-0.1, -0.05) is 0 Å². The summed E-state index contributed by atoms with van der Waals surface area (Å²) in [5.41, 5.74) is 2.10. The van der Waals surface area contributed by atoms with Crippen molar-refractivity contribution >= 4 is 19.4 Å². The summed E-state index contributed by atoms with van der Waals surface area (Å²) >= 11 is 0.440. The van der Waals surface area contributed by atoms with E-state index >= 15 is 0 Å². The van der Waals surface area contributed by atoms with Crippen LogP contribution in [-0.4, -0.2) is 30.0 Å². The van der Waals surface area contributed by atoms with E-state index in [1.54, 1.807) is 0 Å². The number of hydrogen-bond donors (Lipinski definition) is 0. The maximum absolute atomic E-state index is 4.22. The van der Waals surface area contributed by atoms with Gasteiger partial charge in [-0.15, -0.1) is 0 Å². The van der Waals surface area contributed by atoms with Gasteiger partial charge in [-0.3, -0.25) is 0 Å². The number of rotatable bonds is 7. The van der Waals surface area contributed by atoms with Gasteiger partial charge in [0.2, 0.25) is 0 Å². The zero-order valence-electron chi connectivity index (χ0n) is 10.7. The van der Waals surface area contributed by atoms with Crippen molar-refractivity contribution in [2.24, 2.45) is 0 Å². The zero-order valence-corrected chi connectivity index (χ0v) is 12.5. The molecule has 0 aliphatic rings. The van der Waals surface area contributed by atoms with Crippen LogP contribution in [0.4, 0.5) is 0 Å². The molecule has 18 heavy (non-hydrogen) atoms. The van der Waals surface area contributed by atoms with Crippen LogP contribution in [0.2, 0.25) is 0 Å². The van der Waals surface area contributed by atoms with Crippen molar-refractivity contribution in [2.45, 2.75) is 38.1 Å². The molecule has 0 bridgehead atoms. The first-order chi connectivity index (χ1) is 8.88. The average molecular weight is 308 g/mol. The molecule has 0 saturated carbocycles. The van der Waals surface area contributed by atoms with Gasteiger partial charge in [-0.2, -0.15) is 0 Å². The predicted octanol–water partition coefficient (Wildman–Crippen LogP) is 2.00. The summed E-state index contributed by atoms with van der Waals surface area (Å²) in [5, 5.41) is 8.42. The first kappa shape index (κ1) is 13.3. The Hall–Kier alpha value is -1.12. The molecule has 4 heteroatoms. The number of hydrogen-bond acceptors (Lipinski definition) is 2. The van der Waals surface area contributed by atoms with E-state index in [-0.39, 0.29) is 0 Å². The summed E-state index contributed by atoms with van der Waals surface area (Å²) < 4.78 is 3.39. The van der Waals surface area contributed by atoms with Gasteiger partial charge in [0.1, 0.15) is 0 Å². The molecule has 2 aromatic rings. The molecule has 0 aliphatic carbocycles. The Labute approximate surface area is 115 Å². The third-order valence-electron chi connectivity index (χ3n) is 2.73. The summed E-state index contributed by atoms with van der Waals surface area (Å²) in [5.74, 6) is 0. The molecule has 1 heterocycles. The van der Waals surface area contributed by atoms with Crippen molar-refractivity contribution in [2.75, 3.05) is 0 Å². The summed E-state index contributed by atoms with van der Waals surface area (Å²) in [4.78, 5) is 0. The van der Waals surface area contributed by atoms with E-state index in [4.69, 9.17) is 0 Å². The van der Waals surface area contributed by atoms with Gasteiger partial charge in [0.25, 0.3) is 0 Å². The molecule has 0 atom stereocenters. The first-order valence-electron chi connectivity index (χ1n) is 6.45. The summed E-state index contributed by atoms with van der Waals surface area (Å²) in [6, 6.07) is 10.6. The molecule has 0 N–H and O–H groups in total. The van der Waals surface area contributed by atoms with E-state index in [0.717, 1.165) is 17.6 Å². The fourth-order valence-corrected chi connectivity index (χ4v) is 3.32. The fraction of sp³-hybridized carbons (Fsp3) is 0.429. The average Bonchev–Trinajstić information content (AvgIpc) is 2.86. The SMILES string of the molecule is CCCCCc1cn(C[Se]c2ccccc2)nn1. The quantitative estimate of drug-likeness (QED) is 0.578. The van der Waals surface area contributed by atoms with Crippen molar-refractivity contribution < 1.29 is 0 Å². The van der Waals surface area contributed by atoms with Gasteiger partial charge < -0.3 is 0 Å². The molecular weight excluding hydrogens is 289 g/mol. The Bertz CT molecular complexity index is 453. The third-order valence-corrected chi connectivity index (χ3v) is 4.83. The molecule has 3 nitrogen and oxygen atoms in total.